The molecule has 1 aromatic carbocycles. The van der Waals surface area contributed by atoms with Gasteiger partial charge in [0.15, 0.2) is 0 Å². The molecule has 0 atom stereocenters. The molecule has 0 aliphatic heterocycles. The highest BCUT2D eigenvalue weighted by atomic mass is 19.3. The molecule has 0 heterocycles. The van der Waals surface area contributed by atoms with Crippen LogP contribution >= 0.6 is 0 Å². The lowest BCUT2D eigenvalue weighted by Crippen LogP contribution is -2.21. The Balaban J connectivity index is 1.77. The fourth-order valence-corrected chi connectivity index (χ4v) is 3.16. The molecule has 0 N–H and O–H groups in total. The van der Waals surface area contributed by atoms with Crippen LogP contribution in [0.25, 0.3) is 6.08 Å². The zero-order valence-electron chi connectivity index (χ0n) is 13.4. The van der Waals surface area contributed by atoms with Gasteiger partial charge in [-0.05, 0) is 49.1 Å². The average molecular weight is 308 g/mol. The van der Waals surface area contributed by atoms with Crippen LogP contribution in [0, 0.1) is 0 Å². The molecule has 0 amide bonds. The van der Waals surface area contributed by atoms with Crippen molar-refractivity contribution in [3.05, 3.63) is 41.5 Å². The van der Waals surface area contributed by atoms with Gasteiger partial charge >= 0.3 is 0 Å². The van der Waals surface area contributed by atoms with E-state index in [-0.39, 0.29) is 0 Å². The summed E-state index contributed by atoms with van der Waals surface area (Å²) in [5.41, 5.74) is 1.83. The monoisotopic (exact) mass is 308 g/mol. The van der Waals surface area contributed by atoms with Gasteiger partial charge in [-0.1, -0.05) is 44.0 Å². The lowest BCUT2D eigenvalue weighted by Gasteiger charge is -2.29. The van der Waals surface area contributed by atoms with Crippen LogP contribution in [0.2, 0.25) is 0 Å². The standard InChI is InChI=1S/C19H26F2O/c1-2-3-4-13-22-18-11-9-17(10-12-18)16-7-5-15(6-8-16)14-19(20)21/h5-8,14,17-18H,2-4,9-13H2,1H3. The lowest BCUT2D eigenvalue weighted by molar-refractivity contribution is 0.0227. The van der Waals surface area contributed by atoms with Crippen molar-refractivity contribution in [1.82, 2.24) is 0 Å². The van der Waals surface area contributed by atoms with Crippen LogP contribution in [0.1, 0.15) is 68.9 Å². The van der Waals surface area contributed by atoms with Crippen molar-refractivity contribution in [2.24, 2.45) is 0 Å². The third-order valence-corrected chi connectivity index (χ3v) is 4.46. The Kier molecular flexibility index (Phi) is 7.04. The van der Waals surface area contributed by atoms with Gasteiger partial charge in [0.05, 0.1) is 6.10 Å². The second-order valence-electron chi connectivity index (χ2n) is 6.15. The van der Waals surface area contributed by atoms with E-state index in [0.717, 1.165) is 44.8 Å². The first-order valence-corrected chi connectivity index (χ1v) is 8.43. The molecule has 1 aliphatic rings. The highest BCUT2D eigenvalue weighted by Gasteiger charge is 2.22. The predicted molar refractivity (Wildman–Crippen MR) is 87.1 cm³/mol. The molecule has 0 spiro atoms. The normalized spacial score (nSPS) is 21.6. The molecule has 122 valence electrons. The largest absolute Gasteiger partial charge is 0.378 e. The van der Waals surface area contributed by atoms with Crippen LogP contribution < -0.4 is 0 Å². The number of benzene rings is 1. The highest BCUT2D eigenvalue weighted by Crippen LogP contribution is 2.34. The van der Waals surface area contributed by atoms with Gasteiger partial charge in [0.1, 0.15) is 0 Å². The number of unbranched alkanes of at least 4 members (excludes halogenated alkanes) is 2. The maximum atomic E-state index is 12.2. The fraction of sp³-hybridized carbons (Fsp3) is 0.579. The molecule has 0 unspecified atom stereocenters. The second kappa shape index (κ2) is 9.04. The van der Waals surface area contributed by atoms with E-state index in [1.54, 1.807) is 12.1 Å². The molecular weight excluding hydrogens is 282 g/mol. The number of rotatable bonds is 7. The first-order chi connectivity index (χ1) is 10.7. The molecule has 0 bridgehead atoms. The first kappa shape index (κ1) is 17.1. The lowest BCUT2D eigenvalue weighted by atomic mass is 9.82. The van der Waals surface area contributed by atoms with E-state index in [4.69, 9.17) is 4.74 Å². The van der Waals surface area contributed by atoms with Gasteiger partial charge in [0, 0.05) is 12.7 Å². The summed E-state index contributed by atoms with van der Waals surface area (Å²) in [4.78, 5) is 0. The molecule has 3 heteroatoms. The van der Waals surface area contributed by atoms with Gasteiger partial charge in [-0.15, -0.1) is 0 Å². The van der Waals surface area contributed by atoms with Crippen molar-refractivity contribution in [3.8, 4) is 0 Å². The summed E-state index contributed by atoms with van der Waals surface area (Å²) in [5, 5.41) is 0. The van der Waals surface area contributed by atoms with Crippen LogP contribution in [-0.2, 0) is 4.74 Å². The molecule has 1 aromatic rings. The van der Waals surface area contributed by atoms with Gasteiger partial charge in [-0.2, -0.15) is 8.78 Å². The molecule has 1 nitrogen and oxygen atoms in total. The van der Waals surface area contributed by atoms with Gasteiger partial charge in [-0.3, -0.25) is 0 Å². The van der Waals surface area contributed by atoms with Gasteiger partial charge in [0.25, 0.3) is 6.08 Å². The van der Waals surface area contributed by atoms with Crippen molar-refractivity contribution in [2.75, 3.05) is 6.61 Å². The summed E-state index contributed by atoms with van der Waals surface area (Å²) in [6.07, 6.45) is 7.79. The zero-order chi connectivity index (χ0) is 15.8. The van der Waals surface area contributed by atoms with E-state index in [1.807, 2.05) is 12.1 Å². The predicted octanol–water partition coefficient (Wildman–Crippen LogP) is 6.16. The van der Waals surface area contributed by atoms with E-state index in [2.05, 4.69) is 6.92 Å². The Bertz CT molecular complexity index is 455. The third-order valence-electron chi connectivity index (χ3n) is 4.46. The van der Waals surface area contributed by atoms with E-state index < -0.39 is 6.08 Å². The summed E-state index contributed by atoms with van der Waals surface area (Å²) in [7, 11) is 0. The van der Waals surface area contributed by atoms with Crippen molar-refractivity contribution >= 4 is 6.08 Å². The Hall–Kier alpha value is -1.22. The molecule has 2 rings (SSSR count). The summed E-state index contributed by atoms with van der Waals surface area (Å²) < 4.78 is 30.4. The minimum Gasteiger partial charge on any atom is -0.378 e. The molecule has 1 fully saturated rings. The summed E-state index contributed by atoms with van der Waals surface area (Å²) >= 11 is 0. The Labute approximate surface area is 132 Å². The van der Waals surface area contributed by atoms with Crippen LogP contribution in [0.15, 0.2) is 30.3 Å². The second-order valence-corrected chi connectivity index (χ2v) is 6.15. The number of hydrogen-bond donors (Lipinski definition) is 0. The number of ether oxygens (including phenoxy) is 1. The summed E-state index contributed by atoms with van der Waals surface area (Å²) in [6, 6.07) is 7.54. The van der Waals surface area contributed by atoms with Crippen molar-refractivity contribution in [1.29, 1.82) is 0 Å². The van der Waals surface area contributed by atoms with Crippen LogP contribution in [0.3, 0.4) is 0 Å². The number of hydrogen-bond acceptors (Lipinski definition) is 1. The maximum Gasteiger partial charge on any atom is 0.270 e. The molecule has 1 saturated carbocycles. The number of halogens is 2. The Morgan fingerprint density at radius 1 is 1.09 bits per heavy atom. The molecule has 1 aliphatic carbocycles. The molecule has 0 saturated heterocycles. The van der Waals surface area contributed by atoms with Crippen LogP contribution in [0.5, 0.6) is 0 Å². The molecular formula is C19H26F2O. The SMILES string of the molecule is CCCCCOC1CCC(c2ccc(C=C(F)F)cc2)CC1. The quantitative estimate of drug-likeness (QED) is 0.548. The Morgan fingerprint density at radius 2 is 1.77 bits per heavy atom. The summed E-state index contributed by atoms with van der Waals surface area (Å²) in [6.45, 7) is 3.09. The van der Waals surface area contributed by atoms with Gasteiger partial charge in [0.2, 0.25) is 0 Å². The molecule has 0 radical (unpaired) electrons. The molecule has 0 aromatic heterocycles. The molecule has 22 heavy (non-hydrogen) atoms. The third kappa shape index (κ3) is 5.53. The van der Waals surface area contributed by atoms with Crippen LogP contribution in [0.4, 0.5) is 8.78 Å². The van der Waals surface area contributed by atoms with E-state index >= 15 is 0 Å². The van der Waals surface area contributed by atoms with Crippen molar-refractivity contribution in [3.63, 3.8) is 0 Å². The van der Waals surface area contributed by atoms with E-state index in [9.17, 15) is 8.78 Å². The fourth-order valence-electron chi connectivity index (χ4n) is 3.16. The average Bonchev–Trinajstić information content (AvgIpc) is 2.52. The zero-order valence-corrected chi connectivity index (χ0v) is 13.4. The smallest absolute Gasteiger partial charge is 0.270 e. The van der Waals surface area contributed by atoms with Gasteiger partial charge < -0.3 is 4.74 Å². The minimum absolute atomic E-state index is 0.413. The maximum absolute atomic E-state index is 12.2. The van der Waals surface area contributed by atoms with E-state index in [1.165, 1.54) is 18.4 Å². The van der Waals surface area contributed by atoms with Crippen molar-refractivity contribution < 1.29 is 13.5 Å². The van der Waals surface area contributed by atoms with Crippen molar-refractivity contribution in [2.45, 2.75) is 63.9 Å². The highest BCUT2D eigenvalue weighted by molar-refractivity contribution is 5.50. The van der Waals surface area contributed by atoms with Crippen LogP contribution in [-0.4, -0.2) is 12.7 Å². The van der Waals surface area contributed by atoms with E-state index in [0.29, 0.717) is 17.6 Å². The Morgan fingerprint density at radius 3 is 2.36 bits per heavy atom. The first-order valence-electron chi connectivity index (χ1n) is 8.43. The topological polar surface area (TPSA) is 9.23 Å². The summed E-state index contributed by atoms with van der Waals surface area (Å²) in [5.74, 6) is 0.545. The minimum atomic E-state index is -1.64. The van der Waals surface area contributed by atoms with Gasteiger partial charge in [-0.25, -0.2) is 0 Å².